The van der Waals surface area contributed by atoms with E-state index in [2.05, 4.69) is 5.32 Å². The summed E-state index contributed by atoms with van der Waals surface area (Å²) in [6.07, 6.45) is 7.61. The van der Waals surface area contributed by atoms with E-state index in [1.165, 1.54) is 19.3 Å². The van der Waals surface area contributed by atoms with Crippen LogP contribution in [0.1, 0.15) is 69.8 Å². The smallest absolute Gasteiger partial charge is 0.336 e. The molecule has 1 amide bonds. The fourth-order valence-electron chi connectivity index (χ4n) is 4.01. The van der Waals surface area contributed by atoms with E-state index in [4.69, 9.17) is 27.9 Å². The molecule has 6 heteroatoms. The number of benzene rings is 1. The highest BCUT2D eigenvalue weighted by Gasteiger charge is 2.35. The van der Waals surface area contributed by atoms with Crippen molar-refractivity contribution in [3.63, 3.8) is 0 Å². The summed E-state index contributed by atoms with van der Waals surface area (Å²) in [5.41, 5.74) is 1.58. The number of carbonyl (C=O) groups is 2. The van der Waals surface area contributed by atoms with Gasteiger partial charge >= 0.3 is 5.97 Å². The number of esters is 1. The largest absolute Gasteiger partial charge is 0.459 e. The van der Waals surface area contributed by atoms with Crippen LogP contribution in [-0.4, -0.2) is 18.0 Å². The molecule has 2 aliphatic rings. The molecule has 0 saturated heterocycles. The van der Waals surface area contributed by atoms with E-state index >= 15 is 0 Å². The highest BCUT2D eigenvalue weighted by atomic mass is 35.5. The zero-order valence-corrected chi connectivity index (χ0v) is 17.0. The highest BCUT2D eigenvalue weighted by molar-refractivity contribution is 6.36. The van der Waals surface area contributed by atoms with Crippen molar-refractivity contribution < 1.29 is 14.3 Å². The molecule has 1 N–H and O–H groups in total. The molecule has 1 fully saturated rings. The van der Waals surface area contributed by atoms with Crippen LogP contribution in [0, 0.1) is 0 Å². The number of allylic oxidation sites excluding steroid dienone is 1. The Labute approximate surface area is 170 Å². The number of hydrogen-bond donors (Lipinski definition) is 1. The van der Waals surface area contributed by atoms with Crippen molar-refractivity contribution in [2.45, 2.75) is 70.3 Å². The van der Waals surface area contributed by atoms with Crippen molar-refractivity contribution in [3.8, 4) is 0 Å². The Bertz CT molecular complexity index is 732. The van der Waals surface area contributed by atoms with E-state index in [0.29, 0.717) is 26.9 Å². The molecule has 27 heavy (non-hydrogen) atoms. The van der Waals surface area contributed by atoms with E-state index in [9.17, 15) is 9.59 Å². The number of hydrogen-bond acceptors (Lipinski definition) is 3. The zero-order valence-electron chi connectivity index (χ0n) is 15.5. The van der Waals surface area contributed by atoms with Crippen molar-refractivity contribution >= 4 is 35.1 Å². The van der Waals surface area contributed by atoms with E-state index in [1.54, 1.807) is 25.1 Å². The van der Waals surface area contributed by atoms with Crippen molar-refractivity contribution in [2.75, 3.05) is 0 Å². The van der Waals surface area contributed by atoms with Crippen LogP contribution in [0.4, 0.5) is 0 Å². The van der Waals surface area contributed by atoms with Crippen molar-refractivity contribution in [2.24, 2.45) is 0 Å². The van der Waals surface area contributed by atoms with Crippen LogP contribution < -0.4 is 5.32 Å². The van der Waals surface area contributed by atoms with Crippen LogP contribution in [-0.2, 0) is 14.3 Å². The van der Waals surface area contributed by atoms with Crippen LogP contribution in [0.25, 0.3) is 0 Å². The monoisotopic (exact) mass is 409 g/mol. The molecule has 1 atom stereocenters. The molecule has 0 unspecified atom stereocenters. The van der Waals surface area contributed by atoms with Crippen LogP contribution >= 0.6 is 23.2 Å². The van der Waals surface area contributed by atoms with Gasteiger partial charge in [-0.25, -0.2) is 4.79 Å². The number of amides is 1. The van der Waals surface area contributed by atoms with Crippen LogP contribution in [0.5, 0.6) is 0 Å². The Morgan fingerprint density at radius 3 is 2.30 bits per heavy atom. The molecule has 1 aliphatic carbocycles. The lowest BCUT2D eigenvalue weighted by molar-refractivity contribution is -0.145. The Kier molecular flexibility index (Phi) is 6.83. The minimum Gasteiger partial charge on any atom is -0.459 e. The summed E-state index contributed by atoms with van der Waals surface area (Å²) in [6.45, 7) is 1.73. The van der Waals surface area contributed by atoms with Gasteiger partial charge in [0.1, 0.15) is 6.10 Å². The number of halogens is 2. The fourth-order valence-corrected chi connectivity index (χ4v) is 4.67. The summed E-state index contributed by atoms with van der Waals surface area (Å²) >= 11 is 12.7. The summed E-state index contributed by atoms with van der Waals surface area (Å²) in [5, 5.41) is 3.66. The van der Waals surface area contributed by atoms with Crippen molar-refractivity contribution in [1.82, 2.24) is 5.32 Å². The first-order valence-electron chi connectivity index (χ1n) is 9.63. The maximum absolute atomic E-state index is 13.1. The topological polar surface area (TPSA) is 55.4 Å². The minimum atomic E-state index is -0.499. The maximum atomic E-state index is 13.1. The molecule has 1 aromatic rings. The molecule has 1 heterocycles. The molecular weight excluding hydrogens is 385 g/mol. The van der Waals surface area contributed by atoms with E-state index in [1.807, 2.05) is 0 Å². The Morgan fingerprint density at radius 2 is 1.67 bits per heavy atom. The van der Waals surface area contributed by atoms with Crippen LogP contribution in [0.2, 0.25) is 10.0 Å². The first-order valence-corrected chi connectivity index (χ1v) is 10.4. The first kappa shape index (κ1) is 20.2. The minimum absolute atomic E-state index is 0.0712. The fraction of sp³-hybridized carbons (Fsp3) is 0.524. The average Bonchev–Trinajstić information content (AvgIpc) is 2.56. The van der Waals surface area contributed by atoms with Gasteiger partial charge in [-0.1, -0.05) is 48.5 Å². The molecule has 1 aliphatic heterocycles. The molecule has 3 rings (SSSR count). The Morgan fingerprint density at radius 1 is 1.07 bits per heavy atom. The predicted octanol–water partition coefficient (Wildman–Crippen LogP) is 5.53. The quantitative estimate of drug-likeness (QED) is 0.667. The third kappa shape index (κ3) is 4.85. The van der Waals surface area contributed by atoms with Gasteiger partial charge in [0.15, 0.2) is 0 Å². The van der Waals surface area contributed by atoms with Gasteiger partial charge in [0.25, 0.3) is 0 Å². The normalized spacial score (nSPS) is 22.0. The highest BCUT2D eigenvalue weighted by Crippen LogP contribution is 2.41. The van der Waals surface area contributed by atoms with Gasteiger partial charge in [-0.15, -0.1) is 0 Å². The van der Waals surface area contributed by atoms with E-state index in [-0.39, 0.29) is 24.4 Å². The standard InChI is InChI=1S/C21H25Cl2NO3/c1-13-19(21(26)27-14-8-5-3-2-4-6-9-14)15(12-18(25)24-13)20-16(22)10-7-11-17(20)23/h7,10-11,14-15H,2-6,8-9,12H2,1H3,(H,24,25)/t15-/m1/s1. The number of carbonyl (C=O) groups excluding carboxylic acids is 2. The SMILES string of the molecule is CC1=C(C(=O)OC2CCCCCCC2)[C@H](c2c(Cl)cccc2Cl)CC(=O)N1. The predicted molar refractivity (Wildman–Crippen MR) is 107 cm³/mol. The lowest BCUT2D eigenvalue weighted by Gasteiger charge is -2.29. The maximum Gasteiger partial charge on any atom is 0.336 e. The van der Waals surface area contributed by atoms with Gasteiger partial charge in [0.05, 0.1) is 5.57 Å². The number of ether oxygens (including phenoxy) is 1. The van der Waals surface area contributed by atoms with Gasteiger partial charge in [-0.3, -0.25) is 4.79 Å². The molecular formula is C21H25Cl2NO3. The lowest BCUT2D eigenvalue weighted by Crippen LogP contribution is -2.35. The summed E-state index contributed by atoms with van der Waals surface area (Å²) in [7, 11) is 0. The Hall–Kier alpha value is -1.52. The molecule has 1 saturated carbocycles. The van der Waals surface area contributed by atoms with Crippen molar-refractivity contribution in [1.29, 1.82) is 0 Å². The first-order chi connectivity index (χ1) is 13.0. The van der Waals surface area contributed by atoms with Gasteiger partial charge in [-0.2, -0.15) is 0 Å². The summed E-state index contributed by atoms with van der Waals surface area (Å²) in [6, 6.07) is 5.20. The molecule has 0 spiro atoms. The molecule has 0 bridgehead atoms. The molecule has 4 nitrogen and oxygen atoms in total. The third-order valence-electron chi connectivity index (χ3n) is 5.36. The van der Waals surface area contributed by atoms with E-state index in [0.717, 1.165) is 25.7 Å². The number of rotatable bonds is 3. The van der Waals surface area contributed by atoms with Gasteiger partial charge < -0.3 is 10.1 Å². The summed E-state index contributed by atoms with van der Waals surface area (Å²) in [4.78, 5) is 25.2. The van der Waals surface area contributed by atoms with E-state index < -0.39 is 5.92 Å². The van der Waals surface area contributed by atoms with Crippen LogP contribution in [0.3, 0.4) is 0 Å². The average molecular weight is 410 g/mol. The molecule has 146 valence electrons. The van der Waals surface area contributed by atoms with Gasteiger partial charge in [0.2, 0.25) is 5.91 Å². The second-order valence-corrected chi connectivity index (χ2v) is 8.17. The molecule has 0 radical (unpaired) electrons. The van der Waals surface area contributed by atoms with Crippen LogP contribution in [0.15, 0.2) is 29.5 Å². The summed E-state index contributed by atoms with van der Waals surface area (Å²) in [5.74, 6) is -1.03. The van der Waals surface area contributed by atoms with Crippen molar-refractivity contribution in [3.05, 3.63) is 45.1 Å². The Balaban J connectivity index is 1.88. The zero-order chi connectivity index (χ0) is 19.4. The van der Waals surface area contributed by atoms with Gasteiger partial charge in [0, 0.05) is 28.1 Å². The number of nitrogens with one attached hydrogen (secondary N) is 1. The van der Waals surface area contributed by atoms with Gasteiger partial charge in [-0.05, 0) is 50.3 Å². The second-order valence-electron chi connectivity index (χ2n) is 7.35. The molecule has 0 aromatic heterocycles. The second kappa shape index (κ2) is 9.11. The third-order valence-corrected chi connectivity index (χ3v) is 6.02. The molecule has 1 aromatic carbocycles. The lowest BCUT2D eigenvalue weighted by atomic mass is 9.84. The summed E-state index contributed by atoms with van der Waals surface area (Å²) < 4.78 is 5.87.